The van der Waals surface area contributed by atoms with E-state index in [1.807, 2.05) is 35.2 Å². The van der Waals surface area contributed by atoms with Gasteiger partial charge in [-0.15, -0.1) is 0 Å². The Morgan fingerprint density at radius 2 is 1.61 bits per heavy atom. The molecule has 0 spiro atoms. The third-order valence-electron chi connectivity index (χ3n) is 5.65. The van der Waals surface area contributed by atoms with Gasteiger partial charge in [0.2, 0.25) is 15.9 Å². The van der Waals surface area contributed by atoms with Crippen LogP contribution in [0.15, 0.2) is 60.0 Å². The van der Waals surface area contributed by atoms with E-state index in [4.69, 9.17) is 0 Å². The number of hydrogen-bond acceptors (Lipinski definition) is 5. The maximum Gasteiger partial charge on any atom is 0.253 e. The van der Waals surface area contributed by atoms with Crippen molar-refractivity contribution in [1.29, 1.82) is 0 Å². The first-order valence-electron chi connectivity index (χ1n) is 11.1. The molecule has 2 aromatic rings. The minimum absolute atomic E-state index is 0.131. The van der Waals surface area contributed by atoms with Gasteiger partial charge in [0.05, 0.1) is 17.8 Å². The lowest BCUT2D eigenvalue weighted by Crippen LogP contribution is -2.50. The Kier molecular flexibility index (Phi) is 7.22. The van der Waals surface area contributed by atoms with Crippen molar-refractivity contribution in [2.45, 2.75) is 18.9 Å². The second kappa shape index (κ2) is 10.3. The van der Waals surface area contributed by atoms with Crippen molar-refractivity contribution in [1.82, 2.24) is 14.5 Å². The Balaban J connectivity index is 1.28. The van der Waals surface area contributed by atoms with Crippen LogP contribution in [-0.2, 0) is 14.8 Å². The van der Waals surface area contributed by atoms with E-state index in [-0.39, 0.29) is 24.4 Å². The van der Waals surface area contributed by atoms with Crippen molar-refractivity contribution < 1.29 is 18.0 Å². The molecule has 33 heavy (non-hydrogen) atoms. The predicted octanol–water partition coefficient (Wildman–Crippen LogP) is 2.14. The minimum Gasteiger partial charge on any atom is -0.349 e. The zero-order chi connectivity index (χ0) is 23.3. The van der Waals surface area contributed by atoms with Gasteiger partial charge in [0, 0.05) is 37.6 Å². The number of nitrogens with one attached hydrogen (secondary N) is 2. The number of piperazine rings is 1. The van der Waals surface area contributed by atoms with E-state index in [9.17, 15) is 18.0 Å². The lowest BCUT2D eigenvalue weighted by atomic mass is 10.1. The molecule has 0 bridgehead atoms. The zero-order valence-electron chi connectivity index (χ0n) is 18.3. The van der Waals surface area contributed by atoms with Crippen LogP contribution in [0.2, 0.25) is 0 Å². The molecule has 2 N–H and O–H groups in total. The molecule has 174 valence electrons. The molecule has 8 nitrogen and oxygen atoms in total. The van der Waals surface area contributed by atoms with E-state index in [2.05, 4.69) is 10.6 Å². The molecule has 1 aliphatic heterocycles. The average molecular weight is 469 g/mol. The fourth-order valence-electron chi connectivity index (χ4n) is 3.63. The Morgan fingerprint density at radius 3 is 2.30 bits per heavy atom. The third-order valence-corrected chi connectivity index (χ3v) is 7.21. The molecule has 2 amide bonds. The fourth-order valence-corrected chi connectivity index (χ4v) is 4.80. The number of amides is 2. The number of sulfonamides is 1. The van der Waals surface area contributed by atoms with Gasteiger partial charge in [0.25, 0.3) is 5.91 Å². The summed E-state index contributed by atoms with van der Waals surface area (Å²) in [5.41, 5.74) is 1.74. The summed E-state index contributed by atoms with van der Waals surface area (Å²) >= 11 is 0. The lowest BCUT2D eigenvalue weighted by molar-refractivity contribution is -0.117. The van der Waals surface area contributed by atoms with Crippen LogP contribution in [0.1, 0.15) is 28.8 Å². The van der Waals surface area contributed by atoms with Gasteiger partial charge in [-0.25, -0.2) is 8.42 Å². The first-order valence-corrected chi connectivity index (χ1v) is 12.6. The number of carbonyl (C=O) groups is 2. The zero-order valence-corrected chi connectivity index (χ0v) is 19.1. The molecule has 0 atom stereocenters. The Hall–Kier alpha value is -3.01. The molecular weight excluding hydrogens is 440 g/mol. The van der Waals surface area contributed by atoms with Crippen LogP contribution in [0.4, 0.5) is 5.69 Å². The summed E-state index contributed by atoms with van der Waals surface area (Å²) in [5.74, 6) is -0.419. The van der Waals surface area contributed by atoms with Gasteiger partial charge in [-0.2, -0.15) is 4.31 Å². The first-order chi connectivity index (χ1) is 15.9. The molecule has 0 radical (unpaired) electrons. The smallest absolute Gasteiger partial charge is 0.253 e. The van der Waals surface area contributed by atoms with Crippen LogP contribution in [-0.4, -0.2) is 68.2 Å². The number of para-hydroxylation sites is 1. The van der Waals surface area contributed by atoms with E-state index in [0.717, 1.165) is 18.4 Å². The van der Waals surface area contributed by atoms with Gasteiger partial charge in [-0.05, 0) is 36.6 Å². The number of carbonyl (C=O) groups excluding carboxylic acids is 2. The highest BCUT2D eigenvalue weighted by Gasteiger charge is 2.27. The lowest BCUT2D eigenvalue weighted by Gasteiger charge is -2.32. The maximum atomic E-state index is 12.6. The van der Waals surface area contributed by atoms with Crippen LogP contribution in [0.25, 0.3) is 6.08 Å². The van der Waals surface area contributed by atoms with Crippen LogP contribution in [0, 0.1) is 0 Å². The largest absolute Gasteiger partial charge is 0.349 e. The Morgan fingerprint density at radius 1 is 0.939 bits per heavy atom. The topological polar surface area (TPSA) is 98.8 Å². The van der Waals surface area contributed by atoms with Gasteiger partial charge >= 0.3 is 0 Å². The predicted molar refractivity (Wildman–Crippen MR) is 128 cm³/mol. The normalized spacial score (nSPS) is 17.7. The quantitative estimate of drug-likeness (QED) is 0.619. The summed E-state index contributed by atoms with van der Waals surface area (Å²) in [6.07, 6.45) is 3.57. The fraction of sp³-hybridized carbons (Fsp3) is 0.333. The van der Waals surface area contributed by atoms with Gasteiger partial charge < -0.3 is 10.6 Å². The van der Waals surface area contributed by atoms with Gasteiger partial charge in [-0.1, -0.05) is 42.5 Å². The van der Waals surface area contributed by atoms with E-state index < -0.39 is 10.0 Å². The molecule has 9 heteroatoms. The summed E-state index contributed by atoms with van der Waals surface area (Å²) in [5, 5.41) is 6.99. The third kappa shape index (κ3) is 6.50. The summed E-state index contributed by atoms with van der Waals surface area (Å²) in [7, 11) is -3.52. The molecule has 0 aromatic heterocycles. The SMILES string of the molecule is O=C(CN1CCN(S(=O)(=O)C=Cc2ccccc2)CC1)Nc1ccccc1C(=O)NC1CC1. The van der Waals surface area contributed by atoms with E-state index >= 15 is 0 Å². The number of rotatable bonds is 8. The summed E-state index contributed by atoms with van der Waals surface area (Å²) < 4.78 is 26.7. The van der Waals surface area contributed by atoms with Crippen LogP contribution in [0.3, 0.4) is 0 Å². The van der Waals surface area contributed by atoms with Crippen LogP contribution in [0.5, 0.6) is 0 Å². The molecule has 2 fully saturated rings. The van der Waals surface area contributed by atoms with Crippen molar-refractivity contribution in [3.05, 3.63) is 71.1 Å². The van der Waals surface area contributed by atoms with Crippen LogP contribution < -0.4 is 10.6 Å². The Bertz CT molecular complexity index is 1120. The molecule has 2 aliphatic rings. The second-order valence-corrected chi connectivity index (χ2v) is 10.1. The molecule has 2 aromatic carbocycles. The molecular formula is C24H28N4O4S. The number of anilines is 1. The van der Waals surface area contributed by atoms with E-state index in [1.165, 1.54) is 9.71 Å². The standard InChI is InChI=1S/C24H28N4O4S/c29-23(26-22-9-5-4-8-21(22)24(30)25-20-10-11-20)18-27-13-15-28(16-14-27)33(31,32)17-12-19-6-2-1-3-7-19/h1-9,12,17,20H,10-11,13-16,18H2,(H,25,30)(H,26,29). The van der Waals surface area contributed by atoms with Crippen molar-refractivity contribution in [2.75, 3.05) is 38.0 Å². The second-order valence-electron chi connectivity index (χ2n) is 8.28. The summed E-state index contributed by atoms with van der Waals surface area (Å²) in [6.45, 7) is 1.67. The number of benzene rings is 2. The first kappa shape index (κ1) is 23.2. The average Bonchev–Trinajstić information content (AvgIpc) is 3.63. The minimum atomic E-state index is -3.52. The number of hydrogen-bond donors (Lipinski definition) is 2. The maximum absolute atomic E-state index is 12.6. The van der Waals surface area contributed by atoms with Crippen molar-refractivity contribution >= 4 is 33.6 Å². The highest BCUT2D eigenvalue weighted by Crippen LogP contribution is 2.21. The molecule has 4 rings (SSSR count). The van der Waals surface area contributed by atoms with Gasteiger partial charge in [0.15, 0.2) is 0 Å². The molecule has 1 aliphatic carbocycles. The van der Waals surface area contributed by atoms with Gasteiger partial charge in [0.1, 0.15) is 0 Å². The molecule has 1 saturated carbocycles. The van der Waals surface area contributed by atoms with E-state index in [1.54, 1.807) is 30.3 Å². The van der Waals surface area contributed by atoms with Crippen LogP contribution >= 0.6 is 0 Å². The van der Waals surface area contributed by atoms with Crippen molar-refractivity contribution in [3.8, 4) is 0 Å². The monoisotopic (exact) mass is 468 g/mol. The summed E-state index contributed by atoms with van der Waals surface area (Å²) in [4.78, 5) is 26.9. The van der Waals surface area contributed by atoms with Crippen molar-refractivity contribution in [3.63, 3.8) is 0 Å². The summed E-state index contributed by atoms with van der Waals surface area (Å²) in [6, 6.07) is 16.5. The highest BCUT2D eigenvalue weighted by molar-refractivity contribution is 7.92. The Labute approximate surface area is 194 Å². The number of nitrogens with zero attached hydrogens (tertiary/aromatic N) is 2. The molecule has 0 unspecified atom stereocenters. The van der Waals surface area contributed by atoms with Gasteiger partial charge in [-0.3, -0.25) is 14.5 Å². The molecule has 1 saturated heterocycles. The van der Waals surface area contributed by atoms with Crippen molar-refractivity contribution in [2.24, 2.45) is 0 Å². The van der Waals surface area contributed by atoms with E-state index in [0.29, 0.717) is 37.4 Å². The highest BCUT2D eigenvalue weighted by atomic mass is 32.2. The molecule has 1 heterocycles.